The minimum absolute atomic E-state index is 0.0512. The van der Waals surface area contributed by atoms with Crippen molar-refractivity contribution in [3.05, 3.63) is 0 Å². The van der Waals surface area contributed by atoms with Gasteiger partial charge in [-0.25, -0.2) is 4.79 Å². The molecule has 0 aromatic rings. The molecule has 1 fully saturated rings. The average Bonchev–Trinajstić information content (AvgIpc) is 2.59. The summed E-state index contributed by atoms with van der Waals surface area (Å²) >= 11 is 0. The van der Waals surface area contributed by atoms with Crippen molar-refractivity contribution in [1.29, 1.82) is 0 Å². The predicted molar refractivity (Wildman–Crippen MR) is 78.3 cm³/mol. The van der Waals surface area contributed by atoms with Gasteiger partial charge in [0.05, 0.1) is 13.0 Å². The molecule has 7 nitrogen and oxygen atoms in total. The molecule has 1 aliphatic rings. The third-order valence-corrected chi connectivity index (χ3v) is 3.67. The van der Waals surface area contributed by atoms with Crippen LogP contribution in [0.2, 0.25) is 0 Å². The van der Waals surface area contributed by atoms with Crippen molar-refractivity contribution in [1.82, 2.24) is 4.90 Å². The number of nitrogens with zero attached hydrogens (tertiary/aromatic N) is 1. The van der Waals surface area contributed by atoms with Crippen molar-refractivity contribution in [2.24, 2.45) is 11.8 Å². The van der Waals surface area contributed by atoms with Crippen LogP contribution in [0.15, 0.2) is 0 Å². The zero-order chi connectivity index (χ0) is 16.9. The van der Waals surface area contributed by atoms with Gasteiger partial charge < -0.3 is 19.5 Å². The van der Waals surface area contributed by atoms with Crippen LogP contribution in [-0.2, 0) is 19.1 Å². The third-order valence-electron chi connectivity index (χ3n) is 3.67. The fourth-order valence-electron chi connectivity index (χ4n) is 2.54. The Balaban J connectivity index is 2.75. The van der Waals surface area contributed by atoms with Crippen LogP contribution in [0.1, 0.15) is 40.0 Å². The number of amides is 1. The predicted octanol–water partition coefficient (Wildman–Crippen LogP) is 1.90. The lowest BCUT2D eigenvalue weighted by Gasteiger charge is -2.26. The van der Waals surface area contributed by atoms with E-state index in [4.69, 9.17) is 4.74 Å². The lowest BCUT2D eigenvalue weighted by atomic mass is 9.85. The van der Waals surface area contributed by atoms with Crippen molar-refractivity contribution in [2.75, 3.05) is 20.2 Å². The van der Waals surface area contributed by atoms with Crippen LogP contribution in [-0.4, -0.2) is 53.8 Å². The summed E-state index contributed by atoms with van der Waals surface area (Å²) in [4.78, 5) is 36.5. The van der Waals surface area contributed by atoms with E-state index in [1.165, 1.54) is 12.0 Å². The molecule has 1 rings (SSSR count). The second-order valence-electron chi connectivity index (χ2n) is 6.53. The van der Waals surface area contributed by atoms with Crippen molar-refractivity contribution in [2.45, 2.75) is 45.6 Å². The SMILES string of the molecule is COC(=O)C[C@@H]1CCN(C(=O)OC(C)(C)C)CC[C@H]1C(=O)O. The number of carboxylic acid groups (broad SMARTS) is 1. The molecule has 22 heavy (non-hydrogen) atoms. The molecule has 0 aromatic heterocycles. The highest BCUT2D eigenvalue weighted by Gasteiger charge is 2.35. The zero-order valence-corrected chi connectivity index (χ0v) is 13.6. The van der Waals surface area contributed by atoms with E-state index in [-0.39, 0.29) is 12.3 Å². The van der Waals surface area contributed by atoms with Crippen LogP contribution in [0, 0.1) is 11.8 Å². The number of likely N-dealkylation sites (tertiary alicyclic amines) is 1. The van der Waals surface area contributed by atoms with Crippen molar-refractivity contribution < 1.29 is 29.0 Å². The summed E-state index contributed by atoms with van der Waals surface area (Å²) in [5.41, 5.74) is -0.596. The van der Waals surface area contributed by atoms with Crippen LogP contribution in [0.25, 0.3) is 0 Å². The Morgan fingerprint density at radius 2 is 1.77 bits per heavy atom. The summed E-state index contributed by atoms with van der Waals surface area (Å²) in [7, 11) is 1.28. The zero-order valence-electron chi connectivity index (χ0n) is 13.6. The van der Waals surface area contributed by atoms with Crippen molar-refractivity contribution >= 4 is 18.0 Å². The fraction of sp³-hybridized carbons (Fsp3) is 0.800. The van der Waals surface area contributed by atoms with E-state index in [0.717, 1.165) is 0 Å². The van der Waals surface area contributed by atoms with E-state index in [1.54, 1.807) is 20.8 Å². The van der Waals surface area contributed by atoms with E-state index in [1.807, 2.05) is 0 Å². The second-order valence-corrected chi connectivity index (χ2v) is 6.53. The number of rotatable bonds is 3. The normalized spacial score (nSPS) is 22.6. The molecule has 1 aliphatic heterocycles. The van der Waals surface area contributed by atoms with Crippen molar-refractivity contribution in [3.8, 4) is 0 Å². The molecule has 0 aromatic carbocycles. The number of esters is 1. The molecule has 2 atom stereocenters. The molecule has 0 saturated carbocycles. The molecule has 0 unspecified atom stereocenters. The number of ether oxygens (including phenoxy) is 2. The topological polar surface area (TPSA) is 93.1 Å². The van der Waals surface area contributed by atoms with E-state index >= 15 is 0 Å². The summed E-state index contributed by atoms with van der Waals surface area (Å²) < 4.78 is 9.94. The van der Waals surface area contributed by atoms with Gasteiger partial charge >= 0.3 is 18.0 Å². The van der Waals surface area contributed by atoms with Gasteiger partial charge in [-0.1, -0.05) is 0 Å². The maximum absolute atomic E-state index is 12.1. The molecule has 1 saturated heterocycles. The lowest BCUT2D eigenvalue weighted by molar-refractivity contribution is -0.146. The highest BCUT2D eigenvalue weighted by atomic mass is 16.6. The Hall–Kier alpha value is -1.79. The Kier molecular flexibility index (Phi) is 6.20. The van der Waals surface area contributed by atoms with E-state index in [9.17, 15) is 19.5 Å². The summed E-state index contributed by atoms with van der Waals surface area (Å²) in [6.45, 7) is 6.03. The highest BCUT2D eigenvalue weighted by Crippen LogP contribution is 2.28. The molecule has 0 radical (unpaired) electrons. The van der Waals surface area contributed by atoms with Gasteiger partial charge in [-0.15, -0.1) is 0 Å². The summed E-state index contributed by atoms with van der Waals surface area (Å²) in [6, 6.07) is 0. The number of aliphatic carboxylic acids is 1. The standard InChI is InChI=1S/C15H25NO6/c1-15(2,3)22-14(20)16-7-5-10(9-12(17)21-4)11(6-8-16)13(18)19/h10-11H,5-9H2,1-4H3,(H,18,19)/t10-,11+/m0/s1. The van der Waals surface area contributed by atoms with Crippen LogP contribution < -0.4 is 0 Å². The first kappa shape index (κ1) is 18.3. The number of methoxy groups -OCH3 is 1. The average molecular weight is 315 g/mol. The molecular formula is C15H25NO6. The van der Waals surface area contributed by atoms with Gasteiger partial charge in [0, 0.05) is 19.5 Å². The Bertz CT molecular complexity index is 428. The monoisotopic (exact) mass is 315 g/mol. The molecule has 0 aliphatic carbocycles. The molecule has 126 valence electrons. The second kappa shape index (κ2) is 7.47. The Morgan fingerprint density at radius 3 is 2.27 bits per heavy atom. The largest absolute Gasteiger partial charge is 0.481 e. The van der Waals surface area contributed by atoms with E-state index < -0.39 is 29.6 Å². The van der Waals surface area contributed by atoms with Gasteiger partial charge in [-0.3, -0.25) is 9.59 Å². The first-order chi connectivity index (χ1) is 10.1. The van der Waals surface area contributed by atoms with Gasteiger partial charge in [0.15, 0.2) is 0 Å². The smallest absolute Gasteiger partial charge is 0.410 e. The van der Waals surface area contributed by atoms with E-state index in [2.05, 4.69) is 4.74 Å². The first-order valence-corrected chi connectivity index (χ1v) is 7.41. The highest BCUT2D eigenvalue weighted by molar-refractivity contribution is 5.74. The number of carboxylic acids is 1. The molecule has 1 heterocycles. The van der Waals surface area contributed by atoms with Gasteiger partial charge in [-0.05, 0) is 39.5 Å². The summed E-state index contributed by atoms with van der Waals surface area (Å²) in [5, 5.41) is 9.34. The quantitative estimate of drug-likeness (QED) is 0.800. The fourth-order valence-corrected chi connectivity index (χ4v) is 2.54. The van der Waals surface area contributed by atoms with Crippen LogP contribution in [0.4, 0.5) is 4.79 Å². The van der Waals surface area contributed by atoms with Gasteiger partial charge in [0.25, 0.3) is 0 Å². The Labute approximate surface area is 130 Å². The molecular weight excluding hydrogens is 290 g/mol. The number of hydrogen-bond donors (Lipinski definition) is 1. The van der Waals surface area contributed by atoms with Crippen molar-refractivity contribution in [3.63, 3.8) is 0 Å². The minimum Gasteiger partial charge on any atom is -0.481 e. The number of hydrogen-bond acceptors (Lipinski definition) is 5. The van der Waals surface area contributed by atoms with E-state index in [0.29, 0.717) is 25.9 Å². The summed E-state index contributed by atoms with van der Waals surface area (Å²) in [5.74, 6) is -2.37. The van der Waals surface area contributed by atoms with Crippen LogP contribution in [0.3, 0.4) is 0 Å². The molecule has 1 N–H and O–H groups in total. The molecule has 7 heteroatoms. The van der Waals surface area contributed by atoms with Gasteiger partial charge in [-0.2, -0.15) is 0 Å². The van der Waals surface area contributed by atoms with Crippen LogP contribution >= 0.6 is 0 Å². The molecule has 0 bridgehead atoms. The lowest BCUT2D eigenvalue weighted by Crippen LogP contribution is -2.37. The van der Waals surface area contributed by atoms with Crippen LogP contribution in [0.5, 0.6) is 0 Å². The minimum atomic E-state index is -0.944. The third kappa shape index (κ3) is 5.54. The number of carbonyl (C=O) groups excluding carboxylic acids is 2. The maximum atomic E-state index is 12.1. The van der Waals surface area contributed by atoms with Gasteiger partial charge in [0.1, 0.15) is 5.60 Å². The maximum Gasteiger partial charge on any atom is 0.410 e. The Morgan fingerprint density at radius 1 is 1.18 bits per heavy atom. The summed E-state index contributed by atoms with van der Waals surface area (Å²) in [6.07, 6.45) is 0.340. The molecule has 1 amide bonds. The number of carbonyl (C=O) groups is 3. The molecule has 0 spiro atoms. The first-order valence-electron chi connectivity index (χ1n) is 7.41. The van der Waals surface area contributed by atoms with Gasteiger partial charge in [0.2, 0.25) is 0 Å².